The minimum Gasteiger partial charge on any atom is -0.309 e. The fourth-order valence-electron chi connectivity index (χ4n) is 7.31. The molecule has 0 spiro atoms. The van der Waals surface area contributed by atoms with Crippen molar-refractivity contribution in [3.8, 4) is 39.7 Å². The van der Waals surface area contributed by atoms with Gasteiger partial charge < -0.3 is 9.13 Å². The summed E-state index contributed by atoms with van der Waals surface area (Å²) in [6, 6.07) is 56.8. The number of nitriles is 1. The SMILES string of the molecule is [C-]#[N+]c1ccc2c(c1)c1ccccc1n2-c1cc(-c2ccccc2-n2c3ccccc3c3ccccc32)ccc1-c1ccccc1C#N. The first kappa shape index (κ1) is 27.4. The zero-order chi connectivity index (χ0) is 32.2. The van der Waals surface area contributed by atoms with E-state index in [0.29, 0.717) is 11.3 Å². The van der Waals surface area contributed by atoms with Crippen molar-refractivity contribution < 1.29 is 0 Å². The molecule has 0 bridgehead atoms. The van der Waals surface area contributed by atoms with Crippen LogP contribution in [0.1, 0.15) is 5.56 Å². The molecular weight excluding hydrogens is 585 g/mol. The molecule has 7 aromatic carbocycles. The number of fused-ring (bicyclic) bond motifs is 6. The lowest BCUT2D eigenvalue weighted by atomic mass is 9.94. The Balaban J connectivity index is 1.37. The highest BCUT2D eigenvalue weighted by Crippen LogP contribution is 2.42. The van der Waals surface area contributed by atoms with Gasteiger partial charge in [-0.3, -0.25) is 0 Å². The first-order valence-corrected chi connectivity index (χ1v) is 15.9. The number of hydrogen-bond donors (Lipinski definition) is 0. The number of rotatable bonds is 4. The minimum absolute atomic E-state index is 0.606. The van der Waals surface area contributed by atoms with Crippen LogP contribution in [-0.4, -0.2) is 9.13 Å². The van der Waals surface area contributed by atoms with E-state index < -0.39 is 0 Å². The van der Waals surface area contributed by atoms with Gasteiger partial charge in [-0.05, 0) is 59.5 Å². The van der Waals surface area contributed by atoms with Crippen molar-refractivity contribution in [1.82, 2.24) is 9.13 Å². The van der Waals surface area contributed by atoms with Crippen molar-refractivity contribution in [2.45, 2.75) is 0 Å². The van der Waals surface area contributed by atoms with Crippen molar-refractivity contribution >= 4 is 49.3 Å². The van der Waals surface area contributed by atoms with Crippen molar-refractivity contribution in [3.63, 3.8) is 0 Å². The third-order valence-corrected chi connectivity index (χ3v) is 9.40. The fourth-order valence-corrected chi connectivity index (χ4v) is 7.31. The lowest BCUT2D eigenvalue weighted by molar-refractivity contribution is 1.17. The molecule has 0 aliphatic carbocycles. The molecule has 0 aliphatic heterocycles. The maximum Gasteiger partial charge on any atom is 0.188 e. The normalized spacial score (nSPS) is 11.3. The zero-order valence-corrected chi connectivity index (χ0v) is 25.8. The van der Waals surface area contributed by atoms with E-state index in [4.69, 9.17) is 6.57 Å². The maximum atomic E-state index is 10.2. The van der Waals surface area contributed by atoms with Gasteiger partial charge in [-0.2, -0.15) is 5.26 Å². The molecule has 2 aromatic heterocycles. The largest absolute Gasteiger partial charge is 0.309 e. The highest BCUT2D eigenvalue weighted by molar-refractivity contribution is 6.12. The quantitative estimate of drug-likeness (QED) is 0.183. The van der Waals surface area contributed by atoms with Crippen LogP contribution >= 0.6 is 0 Å². The molecule has 0 radical (unpaired) electrons. The molecule has 0 amide bonds. The molecule has 48 heavy (non-hydrogen) atoms. The molecule has 9 aromatic rings. The van der Waals surface area contributed by atoms with Crippen LogP contribution in [0.25, 0.3) is 82.1 Å². The second kappa shape index (κ2) is 10.9. The van der Waals surface area contributed by atoms with Crippen LogP contribution in [-0.2, 0) is 0 Å². The molecule has 222 valence electrons. The topological polar surface area (TPSA) is 38.0 Å². The van der Waals surface area contributed by atoms with Gasteiger partial charge in [-0.1, -0.05) is 109 Å². The van der Waals surface area contributed by atoms with E-state index in [1.165, 1.54) is 10.8 Å². The van der Waals surface area contributed by atoms with Crippen molar-refractivity contribution in [2.24, 2.45) is 0 Å². The van der Waals surface area contributed by atoms with E-state index in [0.717, 1.165) is 66.5 Å². The van der Waals surface area contributed by atoms with Crippen LogP contribution in [0, 0.1) is 17.9 Å². The predicted octanol–water partition coefficient (Wildman–Crippen LogP) is 11.6. The third kappa shape index (κ3) is 4.07. The van der Waals surface area contributed by atoms with Gasteiger partial charge in [0.1, 0.15) is 0 Å². The summed E-state index contributed by atoms with van der Waals surface area (Å²) in [5.74, 6) is 0. The smallest absolute Gasteiger partial charge is 0.188 e. The molecule has 9 rings (SSSR count). The monoisotopic (exact) mass is 610 g/mol. The highest BCUT2D eigenvalue weighted by atomic mass is 15.0. The van der Waals surface area contributed by atoms with Gasteiger partial charge in [0, 0.05) is 32.8 Å². The molecule has 0 saturated carbocycles. The summed E-state index contributed by atoms with van der Waals surface area (Å²) >= 11 is 0. The van der Waals surface area contributed by atoms with E-state index in [9.17, 15) is 5.26 Å². The van der Waals surface area contributed by atoms with Gasteiger partial charge in [-0.15, -0.1) is 0 Å². The van der Waals surface area contributed by atoms with Crippen molar-refractivity contribution in [1.29, 1.82) is 5.26 Å². The standard InChI is InChI=1S/C44H26N4/c1-46-31-23-25-43-38(27-31)36-17-7-11-21-42(36)48(43)44-26-29(22-24-37(44)32-13-3-2-12-30(32)28-45)33-14-4-8-18-39(33)47-40-19-9-5-15-34(40)35-16-6-10-20-41(35)47/h2-27H. The summed E-state index contributed by atoms with van der Waals surface area (Å²) in [5, 5.41) is 14.7. The highest BCUT2D eigenvalue weighted by Gasteiger charge is 2.20. The summed E-state index contributed by atoms with van der Waals surface area (Å²) in [4.78, 5) is 3.73. The molecule has 2 heterocycles. The van der Waals surface area contributed by atoms with E-state index in [-0.39, 0.29) is 0 Å². The third-order valence-electron chi connectivity index (χ3n) is 9.40. The Morgan fingerprint density at radius 2 is 1.00 bits per heavy atom. The van der Waals surface area contributed by atoms with Crippen LogP contribution in [0.5, 0.6) is 0 Å². The second-order valence-electron chi connectivity index (χ2n) is 11.9. The Labute approximate surface area is 277 Å². The number of nitrogens with zero attached hydrogens (tertiary/aromatic N) is 4. The number of aromatic nitrogens is 2. The molecule has 0 saturated heterocycles. The second-order valence-corrected chi connectivity index (χ2v) is 11.9. The van der Waals surface area contributed by atoms with Crippen LogP contribution in [0.15, 0.2) is 158 Å². The maximum absolute atomic E-state index is 10.2. The van der Waals surface area contributed by atoms with Crippen LogP contribution in [0.3, 0.4) is 0 Å². The van der Waals surface area contributed by atoms with E-state index in [1.807, 2.05) is 48.5 Å². The average molecular weight is 611 g/mol. The summed E-state index contributed by atoms with van der Waals surface area (Å²) in [6.45, 7) is 7.68. The van der Waals surface area contributed by atoms with E-state index in [2.05, 4.69) is 129 Å². The fraction of sp³-hybridized carbons (Fsp3) is 0. The molecule has 0 atom stereocenters. The zero-order valence-electron chi connectivity index (χ0n) is 25.8. The van der Waals surface area contributed by atoms with E-state index in [1.54, 1.807) is 0 Å². The Morgan fingerprint density at radius 3 is 1.67 bits per heavy atom. The van der Waals surface area contributed by atoms with E-state index >= 15 is 0 Å². The molecular formula is C44H26N4. The minimum atomic E-state index is 0.606. The molecule has 0 unspecified atom stereocenters. The van der Waals surface area contributed by atoms with Gasteiger partial charge in [0.05, 0.1) is 51.6 Å². The van der Waals surface area contributed by atoms with Gasteiger partial charge in [0.15, 0.2) is 5.69 Å². The first-order valence-electron chi connectivity index (χ1n) is 15.9. The Kier molecular flexibility index (Phi) is 6.22. The van der Waals surface area contributed by atoms with Crippen LogP contribution in [0.4, 0.5) is 5.69 Å². The van der Waals surface area contributed by atoms with Gasteiger partial charge in [0.25, 0.3) is 0 Å². The predicted molar refractivity (Wildman–Crippen MR) is 197 cm³/mol. The molecule has 4 nitrogen and oxygen atoms in total. The van der Waals surface area contributed by atoms with Crippen LogP contribution < -0.4 is 0 Å². The van der Waals surface area contributed by atoms with Gasteiger partial charge >= 0.3 is 0 Å². The molecule has 4 heteroatoms. The Hall–Kier alpha value is -6.88. The van der Waals surface area contributed by atoms with Crippen molar-refractivity contribution in [2.75, 3.05) is 0 Å². The summed E-state index contributed by atoms with van der Waals surface area (Å²) < 4.78 is 4.65. The van der Waals surface area contributed by atoms with Gasteiger partial charge in [0.2, 0.25) is 0 Å². The lowest BCUT2D eigenvalue weighted by Crippen LogP contribution is -2.01. The van der Waals surface area contributed by atoms with Gasteiger partial charge in [-0.25, -0.2) is 4.85 Å². The Morgan fingerprint density at radius 1 is 0.458 bits per heavy atom. The summed E-state index contributed by atoms with van der Waals surface area (Å²) in [6.07, 6.45) is 0. The lowest BCUT2D eigenvalue weighted by Gasteiger charge is -2.19. The van der Waals surface area contributed by atoms with Crippen molar-refractivity contribution in [3.05, 3.63) is 175 Å². The molecule has 0 fully saturated rings. The number of para-hydroxylation sites is 4. The first-order chi connectivity index (χ1) is 23.7. The summed E-state index contributed by atoms with van der Waals surface area (Å²) in [7, 11) is 0. The molecule has 0 N–H and O–H groups in total. The number of hydrogen-bond acceptors (Lipinski definition) is 1. The molecule has 0 aliphatic rings. The van der Waals surface area contributed by atoms with Crippen LogP contribution in [0.2, 0.25) is 0 Å². The summed E-state index contributed by atoms with van der Waals surface area (Å²) in [5.41, 5.74) is 11.6. The average Bonchev–Trinajstić information content (AvgIpc) is 3.67. The Bertz CT molecular complexity index is 2760. The number of benzene rings is 7.